The van der Waals surface area contributed by atoms with Crippen molar-refractivity contribution in [3.05, 3.63) is 90.9 Å². The Labute approximate surface area is 254 Å². The Morgan fingerprint density at radius 3 is 2.33 bits per heavy atom. The largest absolute Gasteiger partial charge is 0.490 e. The Hall–Kier alpha value is -5.44. The quantitative estimate of drug-likeness (QED) is 0.236. The average Bonchev–Trinajstić information content (AvgIpc) is 3.53. The van der Waals surface area contributed by atoms with E-state index in [0.29, 0.717) is 30.5 Å². The smallest absolute Gasteiger partial charge is 0.475 e. The first-order valence-corrected chi connectivity index (χ1v) is 13.5. The molecule has 3 aromatic heterocycles. The molecule has 2 N–H and O–H groups in total. The van der Waals surface area contributed by atoms with Crippen LogP contribution in [0.4, 0.5) is 34.9 Å². The van der Waals surface area contributed by atoms with Crippen molar-refractivity contribution >= 4 is 23.3 Å². The zero-order valence-corrected chi connectivity index (χ0v) is 23.7. The van der Waals surface area contributed by atoms with Gasteiger partial charge in [0.1, 0.15) is 12.0 Å². The topological polar surface area (TPSA) is 131 Å². The van der Waals surface area contributed by atoms with Crippen LogP contribution in [0.5, 0.6) is 0 Å². The Morgan fingerprint density at radius 2 is 1.67 bits per heavy atom. The molecule has 1 aliphatic rings. The van der Waals surface area contributed by atoms with E-state index in [-0.39, 0.29) is 5.69 Å². The van der Waals surface area contributed by atoms with Gasteiger partial charge in [0, 0.05) is 47.5 Å². The van der Waals surface area contributed by atoms with E-state index in [9.17, 15) is 17.6 Å². The normalized spacial score (nSPS) is 13.1. The first-order valence-electron chi connectivity index (χ1n) is 13.5. The number of aromatic nitrogens is 6. The van der Waals surface area contributed by atoms with Gasteiger partial charge >= 0.3 is 12.1 Å². The van der Waals surface area contributed by atoms with Crippen LogP contribution >= 0.6 is 0 Å². The van der Waals surface area contributed by atoms with Crippen LogP contribution < -0.4 is 10.2 Å². The number of pyridine rings is 1. The lowest BCUT2D eigenvalue weighted by atomic mass is 10.1. The molecule has 232 valence electrons. The lowest BCUT2D eigenvalue weighted by Gasteiger charge is -2.29. The van der Waals surface area contributed by atoms with Gasteiger partial charge in [0.2, 0.25) is 5.95 Å². The molecule has 4 heterocycles. The summed E-state index contributed by atoms with van der Waals surface area (Å²) >= 11 is 0. The molecule has 11 nitrogen and oxygen atoms in total. The highest BCUT2D eigenvalue weighted by molar-refractivity contribution is 5.73. The molecule has 0 bridgehead atoms. The molecular formula is C30H26F4N8O3. The highest BCUT2D eigenvalue weighted by Gasteiger charge is 2.38. The molecule has 5 aromatic rings. The number of halogens is 4. The number of nitrogens with one attached hydrogen (secondary N) is 1. The van der Waals surface area contributed by atoms with Crippen LogP contribution in [-0.4, -0.2) is 73.3 Å². The van der Waals surface area contributed by atoms with Crippen molar-refractivity contribution in [1.82, 2.24) is 29.7 Å². The number of hydrogen-bond donors (Lipinski definition) is 2. The fourth-order valence-corrected chi connectivity index (χ4v) is 4.25. The molecular weight excluding hydrogens is 596 g/mol. The number of alkyl halides is 3. The minimum atomic E-state index is -5.08. The van der Waals surface area contributed by atoms with Crippen molar-refractivity contribution < 1.29 is 32.2 Å². The fourth-order valence-electron chi connectivity index (χ4n) is 4.25. The summed E-state index contributed by atoms with van der Waals surface area (Å²) in [7, 11) is 0. The molecule has 0 spiro atoms. The molecule has 15 heteroatoms. The van der Waals surface area contributed by atoms with Gasteiger partial charge in [-0.3, -0.25) is 4.98 Å². The Kier molecular flexibility index (Phi) is 9.28. The number of carboxylic acid groups (broad SMARTS) is 1. The zero-order chi connectivity index (χ0) is 32.0. The summed E-state index contributed by atoms with van der Waals surface area (Å²) in [6, 6.07) is 19.2. The number of nitrogens with zero attached hydrogens (tertiary/aromatic N) is 7. The van der Waals surface area contributed by atoms with E-state index >= 15 is 0 Å². The molecule has 0 radical (unpaired) electrons. The second kappa shape index (κ2) is 13.5. The van der Waals surface area contributed by atoms with E-state index in [2.05, 4.69) is 35.3 Å². The molecule has 1 saturated heterocycles. The minimum absolute atomic E-state index is 0.245. The Bertz CT molecular complexity index is 1760. The van der Waals surface area contributed by atoms with Gasteiger partial charge in [0.25, 0.3) is 0 Å². The maximum Gasteiger partial charge on any atom is 0.490 e. The number of aliphatic carboxylic acids is 1. The van der Waals surface area contributed by atoms with Gasteiger partial charge in [0.15, 0.2) is 11.6 Å². The third-order valence-electron chi connectivity index (χ3n) is 6.53. The summed E-state index contributed by atoms with van der Waals surface area (Å²) in [5.41, 5.74) is 5.35. The number of carbonyl (C=O) groups is 1. The average molecular weight is 623 g/mol. The molecule has 0 unspecified atom stereocenters. The highest BCUT2D eigenvalue weighted by atomic mass is 19.4. The molecule has 2 aromatic carbocycles. The van der Waals surface area contributed by atoms with Crippen molar-refractivity contribution in [2.45, 2.75) is 13.1 Å². The zero-order valence-electron chi connectivity index (χ0n) is 23.7. The summed E-state index contributed by atoms with van der Waals surface area (Å²) in [5, 5.41) is 14.8. The Balaban J connectivity index is 0.000000515. The Morgan fingerprint density at radius 1 is 0.933 bits per heavy atom. The molecule has 1 fully saturated rings. The summed E-state index contributed by atoms with van der Waals surface area (Å²) in [4.78, 5) is 28.4. The summed E-state index contributed by atoms with van der Waals surface area (Å²) < 4.78 is 53.6. The van der Waals surface area contributed by atoms with Crippen LogP contribution in [0, 0.1) is 12.7 Å². The molecule has 45 heavy (non-hydrogen) atoms. The highest BCUT2D eigenvalue weighted by Crippen LogP contribution is 2.27. The summed E-state index contributed by atoms with van der Waals surface area (Å²) in [5.74, 6) is -2.33. The number of anilines is 3. The first kappa shape index (κ1) is 31.0. The SMILES string of the molecule is Cc1ccc(-c2ncn(-c3ccc(Nc4ncc(F)c(-c5cccc(N6CCOCC6)c5)n4)cc3)n2)cn1.O=C(O)C(F)(F)F. The summed E-state index contributed by atoms with van der Waals surface area (Å²) in [6.45, 7) is 4.91. The van der Waals surface area contributed by atoms with Crippen molar-refractivity contribution in [2.24, 2.45) is 0 Å². The van der Waals surface area contributed by atoms with Crippen molar-refractivity contribution in [3.8, 4) is 28.3 Å². The number of rotatable bonds is 6. The number of aryl methyl sites for hydroxylation is 1. The van der Waals surface area contributed by atoms with Crippen LogP contribution in [0.3, 0.4) is 0 Å². The number of ether oxygens (including phenoxy) is 1. The second-order valence-corrected chi connectivity index (χ2v) is 9.72. The molecule has 6 rings (SSSR count). The van der Waals surface area contributed by atoms with Crippen LogP contribution in [0.2, 0.25) is 0 Å². The van der Waals surface area contributed by atoms with Gasteiger partial charge < -0.3 is 20.1 Å². The molecule has 0 saturated carbocycles. The van der Waals surface area contributed by atoms with Gasteiger partial charge in [-0.05, 0) is 55.5 Å². The lowest BCUT2D eigenvalue weighted by Crippen LogP contribution is -2.36. The van der Waals surface area contributed by atoms with E-state index in [1.807, 2.05) is 67.6 Å². The van der Waals surface area contributed by atoms with Crippen LogP contribution in [-0.2, 0) is 9.53 Å². The maximum absolute atomic E-state index is 14.7. The van der Waals surface area contributed by atoms with E-state index in [1.54, 1.807) is 17.2 Å². The van der Waals surface area contributed by atoms with Crippen molar-refractivity contribution in [2.75, 3.05) is 36.5 Å². The van der Waals surface area contributed by atoms with E-state index < -0.39 is 18.0 Å². The van der Waals surface area contributed by atoms with Crippen LogP contribution in [0.1, 0.15) is 5.69 Å². The van der Waals surface area contributed by atoms with Crippen LogP contribution in [0.15, 0.2) is 79.4 Å². The molecule has 0 amide bonds. The molecule has 0 atom stereocenters. The lowest BCUT2D eigenvalue weighted by molar-refractivity contribution is -0.192. The van der Waals surface area contributed by atoms with E-state index in [0.717, 1.165) is 41.4 Å². The third kappa shape index (κ3) is 7.94. The van der Waals surface area contributed by atoms with Gasteiger partial charge in [-0.25, -0.2) is 28.8 Å². The monoisotopic (exact) mass is 622 g/mol. The molecule has 1 aliphatic heterocycles. The van der Waals surface area contributed by atoms with Gasteiger partial charge in [-0.1, -0.05) is 12.1 Å². The summed E-state index contributed by atoms with van der Waals surface area (Å²) in [6.07, 6.45) is -0.465. The van der Waals surface area contributed by atoms with E-state index in [1.165, 1.54) is 6.20 Å². The van der Waals surface area contributed by atoms with Gasteiger partial charge in [0.05, 0.1) is 25.1 Å². The van der Waals surface area contributed by atoms with E-state index in [4.69, 9.17) is 14.6 Å². The van der Waals surface area contributed by atoms with Gasteiger partial charge in [-0.15, -0.1) is 5.10 Å². The maximum atomic E-state index is 14.7. The number of carboxylic acids is 1. The first-order chi connectivity index (χ1) is 21.6. The van der Waals surface area contributed by atoms with Gasteiger partial charge in [-0.2, -0.15) is 13.2 Å². The van der Waals surface area contributed by atoms with Crippen molar-refractivity contribution in [1.29, 1.82) is 0 Å². The standard InChI is InChI=1S/C28H25FN8O.C2HF3O2/c1-19-5-6-21(16-30-19)27-32-18-37(35-27)23-9-7-22(8-10-23)33-28-31-17-25(29)26(34-28)20-3-2-4-24(15-20)36-11-13-38-14-12-36;3-2(4,5)1(6)7/h2-10,15-18H,11-14H2,1H3,(H,31,33,34);(H,6,7). The number of hydrogen-bond acceptors (Lipinski definition) is 9. The fraction of sp³-hybridized carbons (Fsp3) is 0.200. The second-order valence-electron chi connectivity index (χ2n) is 9.72. The van der Waals surface area contributed by atoms with Crippen molar-refractivity contribution in [3.63, 3.8) is 0 Å². The number of benzene rings is 2. The predicted molar refractivity (Wildman–Crippen MR) is 157 cm³/mol. The van der Waals surface area contributed by atoms with Crippen LogP contribution in [0.25, 0.3) is 28.3 Å². The predicted octanol–water partition coefficient (Wildman–Crippen LogP) is 5.45. The number of morpholine rings is 1. The molecule has 0 aliphatic carbocycles. The third-order valence-corrected chi connectivity index (χ3v) is 6.53. The minimum Gasteiger partial charge on any atom is -0.475 e.